The van der Waals surface area contributed by atoms with E-state index in [0.717, 1.165) is 31.2 Å². The average Bonchev–Trinajstić information content (AvgIpc) is 1.73. The van der Waals surface area contributed by atoms with Gasteiger partial charge in [-0.15, -0.1) is 0 Å². The number of hydrogen-bond acceptors (Lipinski definition) is 18. The van der Waals surface area contributed by atoms with E-state index in [1.807, 2.05) is 49.4 Å². The Bertz CT molecular complexity index is 5210. The monoisotopic (exact) mass is 1350 g/mol. The van der Waals surface area contributed by atoms with Gasteiger partial charge in [0.2, 0.25) is 0 Å². The number of benzene rings is 5. The summed E-state index contributed by atoms with van der Waals surface area (Å²) < 4.78 is 79.3. The van der Waals surface area contributed by atoms with Crippen molar-refractivity contribution in [2.24, 2.45) is 0 Å². The molecule has 24 nitrogen and oxygen atoms in total. The number of amides is 3. The Kier molecular flexibility index (Phi) is 19.2. The minimum Gasteiger partial charge on any atom is -0.394 e. The standard InChI is InChI=1S/C24H24N4O3S.C23H19N5O4S.C22H26N4O4S.H2/c1-15(2)32(30,31)19-11-9-18(10-12-19)21-14-26-23-22(28-21)20(13-25-23)24(29)27-16(3)17-7-5-4-6-8-17;1-13(2)33(30,31)15-9-7-14(8-10-15)18-12-25-22-20(26-18)17(11-24-22)23(29)27-21-16-5-3-4-6-19(16)32-28-21;1-14(2)31(29,30)16-7-5-15(6-8-16)18-12-24-20-19(25-18)17(11-23-20)21(28)26-22(13-27)9-3-4-10-22;/h4-16H,1-3H3,(H,25,26)(H,27,29);3-13H,1-2H3,(H,24,25)(H,27,28,29);5-8,11-12,14,27H,3-4,9-10,13H2,1-2H3,(H,23,24)(H,26,28);1H/t16-;;;/m0.../s1. The van der Waals surface area contributed by atoms with Crippen LogP contribution < -0.4 is 16.0 Å². The van der Waals surface area contributed by atoms with Crippen LogP contribution in [0.5, 0.6) is 0 Å². The molecular weight excluding hydrogens is 1280 g/mol. The van der Waals surface area contributed by atoms with Crippen LogP contribution in [0.1, 0.15) is 118 Å². The number of carbonyl (C=O) groups is 3. The van der Waals surface area contributed by atoms with E-state index < -0.39 is 56.7 Å². The molecule has 13 rings (SSSR count). The maximum atomic E-state index is 13.0. The van der Waals surface area contributed by atoms with Gasteiger partial charge in [0, 0.05) is 36.7 Å². The molecule has 3 amide bonds. The molecule has 96 heavy (non-hydrogen) atoms. The number of hydrogen-bond donors (Lipinski definition) is 7. The lowest BCUT2D eigenvalue weighted by atomic mass is 9.98. The maximum Gasteiger partial charge on any atom is 0.260 e. The first-order chi connectivity index (χ1) is 45.9. The summed E-state index contributed by atoms with van der Waals surface area (Å²) in [5, 5.41) is 21.6. The first-order valence-electron chi connectivity index (χ1n) is 30.9. The van der Waals surface area contributed by atoms with Gasteiger partial charge in [0.05, 0.1) is 106 Å². The predicted octanol–water partition coefficient (Wildman–Crippen LogP) is 11.6. The van der Waals surface area contributed by atoms with Crippen molar-refractivity contribution in [3.8, 4) is 33.8 Å². The predicted molar refractivity (Wildman–Crippen MR) is 367 cm³/mol. The summed E-state index contributed by atoms with van der Waals surface area (Å²) >= 11 is 0. The molecule has 7 N–H and O–H groups in total. The minimum absolute atomic E-state index is 0. The van der Waals surface area contributed by atoms with Crippen molar-refractivity contribution in [3.05, 3.63) is 187 Å². The third kappa shape index (κ3) is 13.9. The number of para-hydroxylation sites is 1. The molecule has 1 atom stereocenters. The molecule has 0 aliphatic heterocycles. The number of nitrogens with one attached hydrogen (secondary N) is 6. The van der Waals surface area contributed by atoms with Gasteiger partial charge >= 0.3 is 0 Å². The first kappa shape index (κ1) is 67.1. The lowest BCUT2D eigenvalue weighted by Crippen LogP contribution is -2.49. The fourth-order valence-electron chi connectivity index (χ4n) is 10.8. The molecule has 27 heteroatoms. The van der Waals surface area contributed by atoms with Crippen molar-refractivity contribution >= 4 is 97.5 Å². The van der Waals surface area contributed by atoms with Crippen LogP contribution in [0.25, 0.3) is 78.2 Å². The van der Waals surface area contributed by atoms with Gasteiger partial charge in [0.25, 0.3) is 17.7 Å². The highest BCUT2D eigenvalue weighted by molar-refractivity contribution is 7.92. The summed E-state index contributed by atoms with van der Waals surface area (Å²) in [5.41, 5.74) is 8.46. The Hall–Kier alpha value is -10.4. The fraction of sp³-hybridized carbons (Fsp3) is 0.246. The topological polar surface area (TPSA) is 361 Å². The second kappa shape index (κ2) is 27.5. The van der Waals surface area contributed by atoms with Gasteiger partial charge in [0.15, 0.2) is 57.9 Å². The molecule has 1 aliphatic carbocycles. The fourth-order valence-corrected chi connectivity index (χ4v) is 14.0. The number of H-pyrrole nitrogens is 3. The van der Waals surface area contributed by atoms with Crippen molar-refractivity contribution < 1.29 is 50.7 Å². The van der Waals surface area contributed by atoms with E-state index in [-0.39, 0.29) is 40.6 Å². The summed E-state index contributed by atoms with van der Waals surface area (Å²) in [7, 11) is -10.1. The molecule has 0 unspecified atom stereocenters. The van der Waals surface area contributed by atoms with E-state index in [0.29, 0.717) is 101 Å². The summed E-state index contributed by atoms with van der Waals surface area (Å²) in [4.78, 5) is 75.4. The molecule has 5 aromatic carbocycles. The molecule has 1 aliphatic rings. The smallest absolute Gasteiger partial charge is 0.260 e. The Morgan fingerprint density at radius 1 is 0.521 bits per heavy atom. The molecule has 12 aromatic rings. The molecular formula is C69H71N13O11S3. The number of aliphatic hydroxyl groups is 1. The molecule has 0 spiro atoms. The van der Waals surface area contributed by atoms with Gasteiger partial charge in [-0.2, -0.15) is 0 Å². The second-order valence-corrected chi connectivity index (χ2v) is 31.5. The van der Waals surface area contributed by atoms with Gasteiger partial charge in [-0.25, -0.2) is 55.2 Å². The Labute approximate surface area is 554 Å². The zero-order chi connectivity index (χ0) is 68.3. The third-order valence-corrected chi connectivity index (χ3v) is 23.2. The number of aromatic amines is 3. The molecule has 1 saturated carbocycles. The van der Waals surface area contributed by atoms with Crippen molar-refractivity contribution in [1.82, 2.24) is 60.6 Å². The van der Waals surface area contributed by atoms with Crippen molar-refractivity contribution in [2.45, 2.75) is 116 Å². The summed E-state index contributed by atoms with van der Waals surface area (Å²) in [6, 6.07) is 36.3. The molecule has 7 aromatic heterocycles. The van der Waals surface area contributed by atoms with Gasteiger partial charge < -0.3 is 40.5 Å². The molecule has 1 fully saturated rings. The zero-order valence-corrected chi connectivity index (χ0v) is 55.8. The van der Waals surface area contributed by atoms with Gasteiger partial charge in [-0.1, -0.05) is 96.9 Å². The van der Waals surface area contributed by atoms with Crippen molar-refractivity contribution in [3.63, 3.8) is 0 Å². The highest BCUT2D eigenvalue weighted by Gasteiger charge is 2.36. The van der Waals surface area contributed by atoms with Crippen LogP contribution in [-0.2, 0) is 29.5 Å². The van der Waals surface area contributed by atoms with E-state index in [1.54, 1.807) is 157 Å². The SMILES string of the molecule is CC(C)S(=O)(=O)c1ccc(-c2cnc3[nH]cc(C(=O)NC4(CO)CCCC4)c3n2)cc1.CC(C)S(=O)(=O)c1ccc(-c2cnc3[nH]cc(C(=O)N[C@@H](C)c4ccccc4)c3n2)cc1.CC(C)S(=O)(=O)c1ccc(-c2cnc3[nH]cc(C(=O)Nc4noc5ccccc45)c3n2)cc1.[HH]. The van der Waals surface area contributed by atoms with E-state index in [1.165, 1.54) is 6.20 Å². The number of aliphatic hydroxyl groups excluding tert-OH is 1. The number of aromatic nitrogens is 10. The Morgan fingerprint density at radius 2 is 0.906 bits per heavy atom. The van der Waals surface area contributed by atoms with Crippen LogP contribution in [0.2, 0.25) is 0 Å². The second-order valence-electron chi connectivity index (χ2n) is 24.0. The summed E-state index contributed by atoms with van der Waals surface area (Å²) in [6.07, 6.45) is 12.9. The quantitative estimate of drug-likeness (QED) is 0.0445. The number of rotatable bonds is 17. The van der Waals surface area contributed by atoms with Crippen LogP contribution in [0.3, 0.4) is 0 Å². The molecule has 0 radical (unpaired) electrons. The van der Waals surface area contributed by atoms with Gasteiger partial charge in [-0.05, 0) is 115 Å². The van der Waals surface area contributed by atoms with Crippen LogP contribution in [0.15, 0.2) is 184 Å². The number of nitrogens with zero attached hydrogens (tertiary/aromatic N) is 7. The average molecular weight is 1350 g/mol. The van der Waals surface area contributed by atoms with E-state index in [2.05, 4.69) is 66.0 Å². The minimum atomic E-state index is -3.37. The maximum absolute atomic E-state index is 13.0. The number of carbonyl (C=O) groups excluding carboxylic acids is 3. The van der Waals surface area contributed by atoms with Crippen LogP contribution in [0, 0.1) is 0 Å². The molecule has 0 bridgehead atoms. The highest BCUT2D eigenvalue weighted by Crippen LogP contribution is 2.32. The molecule has 0 saturated heterocycles. The van der Waals surface area contributed by atoms with Gasteiger partial charge in [0.1, 0.15) is 16.6 Å². The Morgan fingerprint density at radius 3 is 1.31 bits per heavy atom. The zero-order valence-electron chi connectivity index (χ0n) is 53.3. The van der Waals surface area contributed by atoms with E-state index >= 15 is 0 Å². The van der Waals surface area contributed by atoms with Gasteiger partial charge in [-0.3, -0.25) is 14.4 Å². The van der Waals surface area contributed by atoms with Crippen molar-refractivity contribution in [1.29, 1.82) is 0 Å². The Balaban J connectivity index is 0.000000157. The lowest BCUT2D eigenvalue weighted by molar-refractivity contribution is 0.0839. The third-order valence-electron chi connectivity index (χ3n) is 16.7. The largest absolute Gasteiger partial charge is 0.394 e. The number of sulfone groups is 3. The molecule has 496 valence electrons. The highest BCUT2D eigenvalue weighted by atomic mass is 32.2. The van der Waals surface area contributed by atoms with E-state index in [4.69, 9.17) is 4.52 Å². The first-order valence-corrected chi connectivity index (χ1v) is 35.5. The molecule has 7 heterocycles. The van der Waals surface area contributed by atoms with Crippen LogP contribution >= 0.6 is 0 Å². The van der Waals surface area contributed by atoms with Crippen LogP contribution in [0.4, 0.5) is 5.82 Å². The normalized spacial score (nSPS) is 13.6. The lowest BCUT2D eigenvalue weighted by Gasteiger charge is -2.27. The number of fused-ring (bicyclic) bond motifs is 4. The summed E-state index contributed by atoms with van der Waals surface area (Å²) in [6.45, 7) is 11.7. The van der Waals surface area contributed by atoms with Crippen molar-refractivity contribution in [2.75, 3.05) is 11.9 Å². The summed E-state index contributed by atoms with van der Waals surface area (Å²) in [5.74, 6) is -0.648. The number of anilines is 1. The van der Waals surface area contributed by atoms with E-state index in [9.17, 15) is 44.7 Å². The van der Waals surface area contributed by atoms with Crippen LogP contribution in [-0.4, -0.2) is 126 Å².